The molecule has 0 aromatic heterocycles. The number of likely N-dealkylation sites (N-methyl/N-ethyl adjacent to an activating group) is 1. The van der Waals surface area contributed by atoms with E-state index in [2.05, 4.69) is 74.6 Å². The highest BCUT2D eigenvalue weighted by molar-refractivity contribution is 5.70. The van der Waals surface area contributed by atoms with Crippen LogP contribution in [0.3, 0.4) is 0 Å². The van der Waals surface area contributed by atoms with Crippen molar-refractivity contribution in [1.29, 1.82) is 0 Å². The zero-order chi connectivity index (χ0) is 54.8. The number of unbranched alkanes of at least 4 members (excludes halogenated alkanes) is 33. The lowest BCUT2D eigenvalue weighted by Gasteiger charge is -2.26. The van der Waals surface area contributed by atoms with Gasteiger partial charge in [-0.3, -0.25) is 9.59 Å². The molecule has 2 unspecified atom stereocenters. The van der Waals surface area contributed by atoms with Crippen molar-refractivity contribution >= 4 is 17.9 Å². The Labute approximate surface area is 463 Å². The number of carbonyl (C=O) groups excluding carboxylic acids is 3. The minimum absolute atomic E-state index is 0.149. The third kappa shape index (κ3) is 58.5. The molecule has 0 saturated heterocycles. The Morgan fingerprint density at radius 1 is 0.413 bits per heavy atom. The van der Waals surface area contributed by atoms with Crippen molar-refractivity contribution in [3.8, 4) is 0 Å². The van der Waals surface area contributed by atoms with Crippen molar-refractivity contribution in [2.75, 3.05) is 47.5 Å². The molecule has 75 heavy (non-hydrogen) atoms. The monoisotopic (exact) mass is 1050 g/mol. The van der Waals surface area contributed by atoms with E-state index >= 15 is 0 Å². The van der Waals surface area contributed by atoms with Crippen molar-refractivity contribution in [2.45, 2.75) is 296 Å². The average molecular weight is 1050 g/mol. The van der Waals surface area contributed by atoms with Gasteiger partial charge in [0.05, 0.1) is 40.3 Å². The SMILES string of the molecule is CC/C=C\C/C=C\C/C=C\C/C=C\C/C=C\CCCCCCCCCCCCCCCCCCCCCC(=O)OC(COC(=O)CCCCCCCCCCCCCCCCC)COC(OCC[N+](C)(C)C)C(=O)[O-]. The number of esters is 2. The predicted molar refractivity (Wildman–Crippen MR) is 315 cm³/mol. The Kier molecular flexibility index (Phi) is 54.9. The largest absolute Gasteiger partial charge is 0.545 e. The molecule has 9 heteroatoms. The summed E-state index contributed by atoms with van der Waals surface area (Å²) >= 11 is 0. The van der Waals surface area contributed by atoms with Crippen LogP contribution in [0.25, 0.3) is 0 Å². The van der Waals surface area contributed by atoms with Crippen molar-refractivity contribution < 1.29 is 42.9 Å². The minimum atomic E-state index is -1.62. The first-order chi connectivity index (χ1) is 36.6. The molecule has 2 atom stereocenters. The molecule has 0 aromatic rings. The predicted octanol–water partition coefficient (Wildman–Crippen LogP) is 17.5. The summed E-state index contributed by atoms with van der Waals surface area (Å²) < 4.78 is 22.7. The van der Waals surface area contributed by atoms with Crippen LogP contribution in [-0.4, -0.2) is 82.3 Å². The van der Waals surface area contributed by atoms with Crippen LogP contribution in [0.2, 0.25) is 0 Å². The second-order valence-electron chi connectivity index (χ2n) is 22.3. The number of hydrogen-bond acceptors (Lipinski definition) is 8. The summed E-state index contributed by atoms with van der Waals surface area (Å²) in [4.78, 5) is 37.3. The molecule has 0 spiro atoms. The molecule has 0 N–H and O–H groups in total. The molecule has 436 valence electrons. The Bertz CT molecular complexity index is 1410. The number of ether oxygens (including phenoxy) is 4. The second kappa shape index (κ2) is 57.2. The molecule has 9 nitrogen and oxygen atoms in total. The van der Waals surface area contributed by atoms with Crippen LogP contribution in [0.5, 0.6) is 0 Å². The number of rotatable bonds is 58. The first-order valence-electron chi connectivity index (χ1n) is 31.4. The maximum absolute atomic E-state index is 12.9. The molecule has 0 saturated carbocycles. The third-order valence-corrected chi connectivity index (χ3v) is 13.8. The molecule has 0 aliphatic heterocycles. The lowest BCUT2D eigenvalue weighted by molar-refractivity contribution is -0.870. The number of carbonyl (C=O) groups is 3. The summed E-state index contributed by atoms with van der Waals surface area (Å²) in [5.41, 5.74) is 0. The number of nitrogens with zero attached hydrogens (tertiary/aromatic N) is 1. The van der Waals surface area contributed by atoms with E-state index in [1.54, 1.807) is 0 Å². The Balaban J connectivity index is 4.05. The number of carboxylic acid groups (broad SMARTS) is 1. The fraction of sp³-hybridized carbons (Fsp3) is 0.803. The van der Waals surface area contributed by atoms with Gasteiger partial charge in [0.15, 0.2) is 12.4 Å². The third-order valence-electron chi connectivity index (χ3n) is 13.8. The van der Waals surface area contributed by atoms with Gasteiger partial charge in [-0.25, -0.2) is 0 Å². The van der Waals surface area contributed by atoms with E-state index in [1.165, 1.54) is 186 Å². The van der Waals surface area contributed by atoms with E-state index in [0.29, 0.717) is 23.9 Å². The summed E-state index contributed by atoms with van der Waals surface area (Å²) in [6.07, 6.45) is 70.0. The Morgan fingerprint density at radius 3 is 1.13 bits per heavy atom. The normalized spacial score (nSPS) is 13.1. The summed E-state index contributed by atoms with van der Waals surface area (Å²) in [7, 11) is 5.93. The van der Waals surface area contributed by atoms with Crippen LogP contribution in [0.4, 0.5) is 0 Å². The molecule has 0 aliphatic rings. The number of carboxylic acids is 1. The fourth-order valence-corrected chi connectivity index (χ4v) is 8.98. The number of aliphatic carboxylic acids is 1. The van der Waals surface area contributed by atoms with E-state index in [1.807, 2.05) is 21.1 Å². The van der Waals surface area contributed by atoms with Crippen molar-refractivity contribution in [2.24, 2.45) is 0 Å². The van der Waals surface area contributed by atoms with E-state index in [-0.39, 0.29) is 32.2 Å². The quantitative estimate of drug-likeness (QED) is 0.0195. The second-order valence-corrected chi connectivity index (χ2v) is 22.3. The highest BCUT2D eigenvalue weighted by atomic mass is 16.7. The van der Waals surface area contributed by atoms with Crippen LogP contribution in [0.1, 0.15) is 284 Å². The van der Waals surface area contributed by atoms with Crippen LogP contribution in [-0.2, 0) is 33.3 Å². The molecule has 0 fully saturated rings. The standard InChI is InChI=1S/C66H119NO8/c1-6-8-10-12-14-16-18-20-22-23-24-25-26-27-28-29-30-31-32-33-34-35-36-37-38-39-40-41-43-45-47-49-51-53-55-57-64(69)75-62(61-74-66(65(70)71)72-59-58-67(3,4)5)60-73-63(68)56-54-52-50-48-46-44-42-21-19-17-15-13-11-9-7-2/h8,10,14,16,20,22,24-25,27-28,62,66H,6-7,9,11-13,15,17-19,21,23,26,29-61H2,1-5H3/b10-8-,16-14-,22-20-,25-24-,28-27-. The van der Waals surface area contributed by atoms with Gasteiger partial charge in [0.1, 0.15) is 13.2 Å². The van der Waals surface area contributed by atoms with Gasteiger partial charge in [0, 0.05) is 12.8 Å². The molecule has 0 aromatic carbocycles. The molecule has 0 rings (SSSR count). The first-order valence-corrected chi connectivity index (χ1v) is 31.4. The maximum atomic E-state index is 12.9. The lowest BCUT2D eigenvalue weighted by atomic mass is 10.0. The summed E-state index contributed by atoms with van der Waals surface area (Å²) in [6.45, 7) is 4.67. The van der Waals surface area contributed by atoms with E-state index < -0.39 is 24.3 Å². The zero-order valence-electron chi connectivity index (χ0n) is 49.7. The number of allylic oxidation sites excluding steroid dienone is 10. The Morgan fingerprint density at radius 2 is 0.760 bits per heavy atom. The molecule has 0 heterocycles. The topological polar surface area (TPSA) is 111 Å². The van der Waals surface area contributed by atoms with Crippen LogP contribution in [0, 0.1) is 0 Å². The summed E-state index contributed by atoms with van der Waals surface area (Å²) in [6, 6.07) is 0. The van der Waals surface area contributed by atoms with Gasteiger partial charge in [0.25, 0.3) is 0 Å². The minimum Gasteiger partial charge on any atom is -0.545 e. The summed E-state index contributed by atoms with van der Waals surface area (Å²) in [5.74, 6) is -2.26. The van der Waals surface area contributed by atoms with Gasteiger partial charge in [-0.05, 0) is 57.8 Å². The molecular weight excluding hydrogens is 935 g/mol. The number of hydrogen-bond donors (Lipinski definition) is 0. The van der Waals surface area contributed by atoms with E-state index in [0.717, 1.165) is 64.2 Å². The Hall–Kier alpha value is -3.01. The molecular formula is C66H119NO8. The van der Waals surface area contributed by atoms with Gasteiger partial charge in [0.2, 0.25) is 0 Å². The lowest BCUT2D eigenvalue weighted by Crippen LogP contribution is -2.44. The highest BCUT2D eigenvalue weighted by Crippen LogP contribution is 2.17. The van der Waals surface area contributed by atoms with Gasteiger partial charge >= 0.3 is 11.9 Å². The maximum Gasteiger partial charge on any atom is 0.306 e. The van der Waals surface area contributed by atoms with Gasteiger partial charge in [-0.2, -0.15) is 0 Å². The van der Waals surface area contributed by atoms with Gasteiger partial charge in [-0.1, -0.05) is 274 Å². The van der Waals surface area contributed by atoms with Crippen LogP contribution < -0.4 is 5.11 Å². The highest BCUT2D eigenvalue weighted by Gasteiger charge is 2.22. The molecule has 0 radical (unpaired) electrons. The van der Waals surface area contributed by atoms with Crippen molar-refractivity contribution in [3.05, 3.63) is 60.8 Å². The average Bonchev–Trinajstić information content (AvgIpc) is 3.38. The van der Waals surface area contributed by atoms with Gasteiger partial charge < -0.3 is 33.3 Å². The number of quaternary nitrogens is 1. The fourth-order valence-electron chi connectivity index (χ4n) is 8.98. The summed E-state index contributed by atoms with van der Waals surface area (Å²) in [5, 5.41) is 11.8. The zero-order valence-corrected chi connectivity index (χ0v) is 49.7. The van der Waals surface area contributed by atoms with Crippen LogP contribution in [0.15, 0.2) is 60.8 Å². The van der Waals surface area contributed by atoms with Crippen molar-refractivity contribution in [1.82, 2.24) is 0 Å². The smallest absolute Gasteiger partial charge is 0.306 e. The molecule has 0 aliphatic carbocycles. The molecule has 0 amide bonds. The van der Waals surface area contributed by atoms with Crippen LogP contribution >= 0.6 is 0 Å². The van der Waals surface area contributed by atoms with E-state index in [9.17, 15) is 19.5 Å². The molecule has 0 bridgehead atoms. The van der Waals surface area contributed by atoms with Gasteiger partial charge in [-0.15, -0.1) is 0 Å². The van der Waals surface area contributed by atoms with Crippen molar-refractivity contribution in [3.63, 3.8) is 0 Å². The first kappa shape index (κ1) is 72.0. The van der Waals surface area contributed by atoms with E-state index in [4.69, 9.17) is 18.9 Å².